The Labute approximate surface area is 191 Å². The topological polar surface area (TPSA) is 125 Å². The zero-order valence-electron chi connectivity index (χ0n) is 18.1. The van der Waals surface area contributed by atoms with Gasteiger partial charge in [-0.15, -0.1) is 0 Å². The van der Waals surface area contributed by atoms with Crippen LogP contribution >= 0.6 is 0 Å². The molecule has 4 rings (SSSR count). The van der Waals surface area contributed by atoms with Crippen molar-refractivity contribution in [1.82, 2.24) is 5.01 Å². The Morgan fingerprint density at radius 3 is 2.55 bits per heavy atom. The van der Waals surface area contributed by atoms with E-state index in [2.05, 4.69) is 15.7 Å². The van der Waals surface area contributed by atoms with E-state index in [1.54, 1.807) is 30.3 Å². The third-order valence-electron chi connectivity index (χ3n) is 5.57. The number of amides is 3. The first-order valence-corrected chi connectivity index (χ1v) is 12.4. The predicted octanol–water partition coefficient (Wildman–Crippen LogP) is 2.35. The number of anilines is 2. The fraction of sp³-hybridized carbons (Fsp3) is 0.304. The number of hydrogen-bond donors (Lipinski definition) is 2. The molecule has 0 bridgehead atoms. The van der Waals surface area contributed by atoms with Gasteiger partial charge in [0.15, 0.2) is 9.84 Å². The largest absolute Gasteiger partial charge is 0.322 e. The summed E-state index contributed by atoms with van der Waals surface area (Å²) in [4.78, 5) is 38.0. The maximum atomic E-state index is 12.9. The molecule has 3 amide bonds. The van der Waals surface area contributed by atoms with Crippen molar-refractivity contribution in [3.8, 4) is 0 Å². The quantitative estimate of drug-likeness (QED) is 0.697. The highest BCUT2D eigenvalue weighted by molar-refractivity contribution is 7.91. The van der Waals surface area contributed by atoms with Crippen LogP contribution in [-0.2, 0) is 19.4 Å². The van der Waals surface area contributed by atoms with E-state index in [0.29, 0.717) is 17.8 Å². The average Bonchev–Trinajstić information content (AvgIpc) is 3.13. The van der Waals surface area contributed by atoms with Crippen LogP contribution in [0, 0.1) is 6.92 Å². The summed E-state index contributed by atoms with van der Waals surface area (Å²) in [6.45, 7) is 1.92. The Kier molecular flexibility index (Phi) is 6.28. The van der Waals surface area contributed by atoms with Gasteiger partial charge in [-0.2, -0.15) is 5.10 Å². The summed E-state index contributed by atoms with van der Waals surface area (Å²) in [6, 6.07) is 13.4. The first-order chi connectivity index (χ1) is 15.7. The lowest BCUT2D eigenvalue weighted by Crippen LogP contribution is -2.42. The monoisotopic (exact) mass is 468 g/mol. The Morgan fingerprint density at radius 2 is 1.82 bits per heavy atom. The Hall–Kier alpha value is -3.53. The second-order valence-corrected chi connectivity index (χ2v) is 10.4. The first-order valence-electron chi connectivity index (χ1n) is 10.6. The van der Waals surface area contributed by atoms with Crippen molar-refractivity contribution in [2.24, 2.45) is 5.10 Å². The van der Waals surface area contributed by atoms with Gasteiger partial charge < -0.3 is 10.6 Å². The van der Waals surface area contributed by atoms with Gasteiger partial charge in [0.25, 0.3) is 11.8 Å². The zero-order chi connectivity index (χ0) is 23.6. The standard InChI is InChI=1S/C23H24N4O5S/c1-15-5-4-6-16(13-15)24-22(29)18-7-2-3-8-19(18)25-23(30)20-9-10-21(28)27(26-20)17-11-12-33(31,32)14-17/h2-8,13,17H,9-12,14H2,1H3,(H,24,29)(H,25,30). The van der Waals surface area contributed by atoms with Gasteiger partial charge in [-0.1, -0.05) is 24.3 Å². The Morgan fingerprint density at radius 1 is 1.03 bits per heavy atom. The van der Waals surface area contributed by atoms with Crippen LogP contribution in [0.4, 0.5) is 11.4 Å². The van der Waals surface area contributed by atoms with Crippen LogP contribution in [0.1, 0.15) is 35.2 Å². The van der Waals surface area contributed by atoms with Crippen molar-refractivity contribution in [3.63, 3.8) is 0 Å². The summed E-state index contributed by atoms with van der Waals surface area (Å²) in [5, 5.41) is 10.9. The number of rotatable bonds is 5. The maximum absolute atomic E-state index is 12.9. The van der Waals surface area contributed by atoms with Crippen LogP contribution in [0.3, 0.4) is 0 Å². The summed E-state index contributed by atoms with van der Waals surface area (Å²) in [6.07, 6.45) is 0.505. The second-order valence-electron chi connectivity index (χ2n) is 8.17. The van der Waals surface area contributed by atoms with E-state index in [1.807, 2.05) is 25.1 Å². The Balaban J connectivity index is 1.51. The molecule has 1 unspecified atom stereocenters. The van der Waals surface area contributed by atoms with Crippen molar-refractivity contribution >= 4 is 44.6 Å². The molecule has 2 aromatic rings. The van der Waals surface area contributed by atoms with Gasteiger partial charge in [-0.25, -0.2) is 13.4 Å². The van der Waals surface area contributed by atoms with E-state index in [9.17, 15) is 22.8 Å². The third-order valence-corrected chi connectivity index (χ3v) is 7.32. The van der Waals surface area contributed by atoms with Gasteiger partial charge in [0, 0.05) is 18.5 Å². The molecule has 9 nitrogen and oxygen atoms in total. The van der Waals surface area contributed by atoms with Crippen LogP contribution in [0.5, 0.6) is 0 Å². The molecular weight excluding hydrogens is 444 g/mol. The summed E-state index contributed by atoms with van der Waals surface area (Å²) >= 11 is 0. The molecule has 0 aliphatic carbocycles. The molecule has 0 aromatic heterocycles. The number of nitrogens with one attached hydrogen (secondary N) is 2. The van der Waals surface area contributed by atoms with E-state index < -0.39 is 21.8 Å². The number of nitrogens with zero attached hydrogens (tertiary/aromatic N) is 2. The highest BCUT2D eigenvalue weighted by Crippen LogP contribution is 2.23. The van der Waals surface area contributed by atoms with Crippen molar-refractivity contribution < 1.29 is 22.8 Å². The van der Waals surface area contributed by atoms with Crippen molar-refractivity contribution in [2.75, 3.05) is 22.1 Å². The molecule has 2 heterocycles. The van der Waals surface area contributed by atoms with Crippen molar-refractivity contribution in [2.45, 2.75) is 32.2 Å². The number of carbonyl (C=O) groups excluding carboxylic acids is 3. The van der Waals surface area contributed by atoms with E-state index in [-0.39, 0.29) is 47.4 Å². The lowest BCUT2D eigenvalue weighted by atomic mass is 10.1. The lowest BCUT2D eigenvalue weighted by Gasteiger charge is -2.27. The molecule has 1 atom stereocenters. The summed E-state index contributed by atoms with van der Waals surface area (Å²) < 4.78 is 23.6. The molecule has 172 valence electrons. The van der Waals surface area contributed by atoms with Gasteiger partial charge in [0.1, 0.15) is 5.71 Å². The van der Waals surface area contributed by atoms with Crippen LogP contribution in [0.2, 0.25) is 0 Å². The van der Waals surface area contributed by atoms with E-state index in [0.717, 1.165) is 10.6 Å². The zero-order valence-corrected chi connectivity index (χ0v) is 18.9. The van der Waals surface area contributed by atoms with Crippen LogP contribution < -0.4 is 10.6 Å². The smallest absolute Gasteiger partial charge is 0.271 e. The molecular formula is C23H24N4O5S. The highest BCUT2D eigenvalue weighted by atomic mass is 32.2. The number of para-hydroxylation sites is 1. The van der Waals surface area contributed by atoms with Gasteiger partial charge in [0.2, 0.25) is 5.91 Å². The van der Waals surface area contributed by atoms with Gasteiger partial charge in [-0.3, -0.25) is 14.4 Å². The van der Waals surface area contributed by atoms with E-state index in [1.165, 1.54) is 0 Å². The van der Waals surface area contributed by atoms with Crippen LogP contribution in [-0.4, -0.2) is 54.4 Å². The summed E-state index contributed by atoms with van der Waals surface area (Å²) in [7, 11) is -3.21. The number of carbonyl (C=O) groups is 3. The molecule has 1 fully saturated rings. The number of hydrazone groups is 1. The number of hydrogen-bond acceptors (Lipinski definition) is 6. The fourth-order valence-corrected chi connectivity index (χ4v) is 5.59. The van der Waals surface area contributed by atoms with Crippen LogP contribution in [0.15, 0.2) is 53.6 Å². The molecule has 33 heavy (non-hydrogen) atoms. The van der Waals surface area contributed by atoms with Gasteiger partial charge >= 0.3 is 0 Å². The van der Waals surface area contributed by atoms with Gasteiger partial charge in [-0.05, 0) is 43.2 Å². The molecule has 2 N–H and O–H groups in total. The summed E-state index contributed by atoms with van der Waals surface area (Å²) in [5.41, 5.74) is 2.34. The van der Waals surface area contributed by atoms with Crippen LogP contribution in [0.25, 0.3) is 0 Å². The molecule has 1 saturated heterocycles. The normalized spacial score (nSPS) is 19.7. The van der Waals surface area contributed by atoms with E-state index >= 15 is 0 Å². The minimum Gasteiger partial charge on any atom is -0.322 e. The van der Waals surface area contributed by atoms with Crippen molar-refractivity contribution in [1.29, 1.82) is 0 Å². The second kappa shape index (κ2) is 9.14. The number of benzene rings is 2. The molecule has 0 radical (unpaired) electrons. The Bertz CT molecular complexity index is 1260. The molecule has 10 heteroatoms. The molecule has 2 aromatic carbocycles. The minimum absolute atomic E-state index is 0.00191. The number of aryl methyl sites for hydroxylation is 1. The fourth-order valence-electron chi connectivity index (χ4n) is 3.89. The van der Waals surface area contributed by atoms with E-state index in [4.69, 9.17) is 0 Å². The van der Waals surface area contributed by atoms with Gasteiger partial charge in [0.05, 0.1) is 28.8 Å². The predicted molar refractivity (Wildman–Crippen MR) is 125 cm³/mol. The summed E-state index contributed by atoms with van der Waals surface area (Å²) in [5.74, 6) is -1.37. The van der Waals surface area contributed by atoms with Crippen molar-refractivity contribution in [3.05, 3.63) is 59.7 Å². The average molecular weight is 469 g/mol. The molecule has 2 aliphatic heterocycles. The molecule has 2 aliphatic rings. The first kappa shape index (κ1) is 22.7. The third kappa shape index (κ3) is 5.28. The SMILES string of the molecule is Cc1cccc(NC(=O)c2ccccc2NC(=O)C2=NN(C3CCS(=O)(=O)C3)C(=O)CC2)c1. The molecule has 0 spiro atoms. The highest BCUT2D eigenvalue weighted by Gasteiger charge is 2.37. The number of sulfone groups is 1. The lowest BCUT2D eigenvalue weighted by molar-refractivity contribution is -0.133. The maximum Gasteiger partial charge on any atom is 0.271 e. The molecule has 0 saturated carbocycles. The minimum atomic E-state index is -3.21.